The number of hydrogen-bond acceptors (Lipinski definition) is 5. The standard InChI is InChI=1S/C20H18N2O4S/c1-26-19-7-3-2-5-16(19)13-21(14-18-6-4-12-27-18)20(23)15-8-10-17(11-9-15)22(24)25/h2-12H,13-14H2,1H3. The summed E-state index contributed by atoms with van der Waals surface area (Å²) in [6.07, 6.45) is 0. The van der Waals surface area contributed by atoms with Gasteiger partial charge in [0.05, 0.1) is 25.1 Å². The van der Waals surface area contributed by atoms with E-state index in [2.05, 4.69) is 0 Å². The first-order valence-electron chi connectivity index (χ1n) is 8.26. The molecular formula is C20H18N2O4S. The lowest BCUT2D eigenvalue weighted by Crippen LogP contribution is -2.30. The van der Waals surface area contributed by atoms with Gasteiger partial charge < -0.3 is 9.64 Å². The summed E-state index contributed by atoms with van der Waals surface area (Å²) >= 11 is 1.58. The molecule has 1 aromatic heterocycles. The number of hydrogen-bond donors (Lipinski definition) is 0. The number of nitro benzene ring substituents is 1. The van der Waals surface area contributed by atoms with Crippen LogP contribution in [-0.2, 0) is 13.1 Å². The van der Waals surface area contributed by atoms with E-state index >= 15 is 0 Å². The Morgan fingerprint density at radius 2 is 1.81 bits per heavy atom. The predicted octanol–water partition coefficient (Wildman–Crippen LogP) is 4.51. The molecule has 0 saturated heterocycles. The van der Waals surface area contributed by atoms with Crippen LogP contribution in [0.3, 0.4) is 0 Å². The molecular weight excluding hydrogens is 364 g/mol. The fourth-order valence-electron chi connectivity index (χ4n) is 2.74. The van der Waals surface area contributed by atoms with E-state index in [-0.39, 0.29) is 11.6 Å². The van der Waals surface area contributed by atoms with Gasteiger partial charge in [-0.3, -0.25) is 14.9 Å². The number of nitrogens with zero attached hydrogens (tertiary/aromatic N) is 2. The van der Waals surface area contributed by atoms with Crippen LogP contribution in [0, 0.1) is 10.1 Å². The third-order valence-corrected chi connectivity index (χ3v) is 4.95. The van der Waals surface area contributed by atoms with Gasteiger partial charge in [0.25, 0.3) is 11.6 Å². The second-order valence-electron chi connectivity index (χ2n) is 5.86. The average molecular weight is 382 g/mol. The van der Waals surface area contributed by atoms with Crippen molar-refractivity contribution in [1.82, 2.24) is 4.90 Å². The average Bonchev–Trinajstić information content (AvgIpc) is 3.20. The monoisotopic (exact) mass is 382 g/mol. The van der Waals surface area contributed by atoms with Crippen LogP contribution in [0.25, 0.3) is 0 Å². The van der Waals surface area contributed by atoms with Crippen molar-refractivity contribution < 1.29 is 14.5 Å². The quantitative estimate of drug-likeness (QED) is 0.445. The fourth-order valence-corrected chi connectivity index (χ4v) is 3.46. The molecule has 7 heteroatoms. The van der Waals surface area contributed by atoms with Crippen molar-refractivity contribution in [2.24, 2.45) is 0 Å². The van der Waals surface area contributed by atoms with Crippen molar-refractivity contribution in [3.8, 4) is 5.75 Å². The maximum absolute atomic E-state index is 13.1. The van der Waals surface area contributed by atoms with E-state index in [1.54, 1.807) is 23.3 Å². The Bertz CT molecular complexity index is 923. The predicted molar refractivity (Wildman–Crippen MR) is 104 cm³/mol. The van der Waals surface area contributed by atoms with Gasteiger partial charge >= 0.3 is 0 Å². The lowest BCUT2D eigenvalue weighted by Gasteiger charge is -2.23. The molecule has 0 aliphatic heterocycles. The molecule has 0 aliphatic rings. The normalized spacial score (nSPS) is 10.4. The lowest BCUT2D eigenvalue weighted by molar-refractivity contribution is -0.384. The number of methoxy groups -OCH3 is 1. The number of carbonyl (C=O) groups is 1. The second kappa shape index (κ2) is 8.46. The van der Waals surface area contributed by atoms with Crippen LogP contribution >= 0.6 is 11.3 Å². The molecule has 1 amide bonds. The summed E-state index contributed by atoms with van der Waals surface area (Å²) in [6.45, 7) is 0.823. The molecule has 0 aliphatic carbocycles. The Kier molecular flexibility index (Phi) is 5.83. The molecule has 0 atom stereocenters. The Morgan fingerprint density at radius 1 is 1.07 bits per heavy atom. The Hall–Kier alpha value is -3.19. The van der Waals surface area contributed by atoms with E-state index in [1.807, 2.05) is 41.8 Å². The molecule has 3 rings (SSSR count). The minimum absolute atomic E-state index is 0.0407. The molecule has 0 spiro atoms. The zero-order chi connectivity index (χ0) is 19.2. The highest BCUT2D eigenvalue weighted by Crippen LogP contribution is 2.23. The summed E-state index contributed by atoms with van der Waals surface area (Å²) in [6, 6.07) is 17.1. The highest BCUT2D eigenvalue weighted by molar-refractivity contribution is 7.09. The number of amides is 1. The number of benzene rings is 2. The zero-order valence-electron chi connectivity index (χ0n) is 14.7. The van der Waals surface area contributed by atoms with Crippen LogP contribution < -0.4 is 4.74 Å². The van der Waals surface area contributed by atoms with Crippen LogP contribution in [0.4, 0.5) is 5.69 Å². The van der Waals surface area contributed by atoms with E-state index in [1.165, 1.54) is 24.3 Å². The molecule has 0 N–H and O–H groups in total. The van der Waals surface area contributed by atoms with Crippen molar-refractivity contribution in [2.45, 2.75) is 13.1 Å². The first-order valence-corrected chi connectivity index (χ1v) is 9.14. The first-order chi connectivity index (χ1) is 13.1. The third kappa shape index (κ3) is 4.51. The van der Waals surface area contributed by atoms with Gasteiger partial charge in [-0.2, -0.15) is 0 Å². The van der Waals surface area contributed by atoms with Crippen LogP contribution in [0.15, 0.2) is 66.0 Å². The van der Waals surface area contributed by atoms with Gasteiger partial charge in [-0.1, -0.05) is 24.3 Å². The van der Waals surface area contributed by atoms with Gasteiger partial charge in [-0.05, 0) is 29.6 Å². The van der Waals surface area contributed by atoms with Gasteiger partial charge in [-0.25, -0.2) is 0 Å². The first kappa shape index (κ1) is 18.6. The van der Waals surface area contributed by atoms with E-state index in [0.29, 0.717) is 24.4 Å². The number of thiophene rings is 1. The lowest BCUT2D eigenvalue weighted by atomic mass is 10.1. The number of rotatable bonds is 7. The highest BCUT2D eigenvalue weighted by atomic mass is 32.1. The molecule has 0 bridgehead atoms. The molecule has 1 heterocycles. The molecule has 0 unspecified atom stereocenters. The van der Waals surface area contributed by atoms with E-state index in [0.717, 1.165) is 10.4 Å². The summed E-state index contributed by atoms with van der Waals surface area (Å²) in [5, 5.41) is 12.8. The number of non-ortho nitro benzene ring substituents is 1. The number of carbonyl (C=O) groups excluding carboxylic acids is 1. The Labute approximate surface area is 160 Å². The minimum atomic E-state index is -0.480. The van der Waals surface area contributed by atoms with Crippen molar-refractivity contribution in [2.75, 3.05) is 7.11 Å². The SMILES string of the molecule is COc1ccccc1CN(Cc1cccs1)C(=O)c1ccc([N+](=O)[O-])cc1. The fraction of sp³-hybridized carbons (Fsp3) is 0.150. The van der Waals surface area contributed by atoms with Gasteiger partial charge in [-0.15, -0.1) is 11.3 Å². The van der Waals surface area contributed by atoms with Crippen molar-refractivity contribution in [3.05, 3.63) is 92.2 Å². The topological polar surface area (TPSA) is 72.7 Å². The molecule has 0 fully saturated rings. The molecule has 0 radical (unpaired) electrons. The van der Waals surface area contributed by atoms with Gasteiger partial charge in [0.1, 0.15) is 5.75 Å². The van der Waals surface area contributed by atoms with Crippen molar-refractivity contribution >= 4 is 22.9 Å². The summed E-state index contributed by atoms with van der Waals surface area (Å²) < 4.78 is 5.40. The molecule has 2 aromatic carbocycles. The van der Waals surface area contributed by atoms with E-state index in [9.17, 15) is 14.9 Å². The second-order valence-corrected chi connectivity index (χ2v) is 6.89. The van der Waals surface area contributed by atoms with Crippen LogP contribution in [0.2, 0.25) is 0 Å². The number of para-hydroxylation sites is 1. The van der Waals surface area contributed by atoms with Crippen LogP contribution in [0.1, 0.15) is 20.8 Å². The van der Waals surface area contributed by atoms with Gasteiger partial charge in [0.15, 0.2) is 0 Å². The maximum Gasteiger partial charge on any atom is 0.269 e. The Morgan fingerprint density at radius 3 is 2.44 bits per heavy atom. The maximum atomic E-state index is 13.1. The number of nitro groups is 1. The smallest absolute Gasteiger partial charge is 0.269 e. The van der Waals surface area contributed by atoms with Crippen molar-refractivity contribution in [1.29, 1.82) is 0 Å². The summed E-state index contributed by atoms with van der Waals surface area (Å²) in [5.41, 5.74) is 1.26. The molecule has 27 heavy (non-hydrogen) atoms. The van der Waals surface area contributed by atoms with Gasteiger partial charge in [0.2, 0.25) is 0 Å². The minimum Gasteiger partial charge on any atom is -0.496 e. The summed E-state index contributed by atoms with van der Waals surface area (Å²) in [5.74, 6) is 0.523. The van der Waals surface area contributed by atoms with Crippen molar-refractivity contribution in [3.63, 3.8) is 0 Å². The van der Waals surface area contributed by atoms with E-state index in [4.69, 9.17) is 4.74 Å². The zero-order valence-corrected chi connectivity index (χ0v) is 15.5. The molecule has 0 saturated carbocycles. The molecule has 138 valence electrons. The van der Waals surface area contributed by atoms with Crippen LogP contribution in [0.5, 0.6) is 5.75 Å². The van der Waals surface area contributed by atoms with E-state index < -0.39 is 4.92 Å². The molecule has 6 nitrogen and oxygen atoms in total. The van der Waals surface area contributed by atoms with Gasteiger partial charge in [0, 0.05) is 28.1 Å². The summed E-state index contributed by atoms with van der Waals surface area (Å²) in [7, 11) is 1.60. The number of ether oxygens (including phenoxy) is 1. The summed E-state index contributed by atoms with van der Waals surface area (Å²) in [4.78, 5) is 26.2. The highest BCUT2D eigenvalue weighted by Gasteiger charge is 2.19. The third-order valence-electron chi connectivity index (χ3n) is 4.09. The largest absolute Gasteiger partial charge is 0.496 e. The van der Waals surface area contributed by atoms with Crippen LogP contribution in [-0.4, -0.2) is 22.8 Å². The Balaban J connectivity index is 1.88. The molecule has 3 aromatic rings.